The molecule has 4 aromatic rings. The number of carbonyl (C=O) groups excluding carboxylic acids is 1. The molecular weight excluding hydrogens is 411 g/mol. The molecule has 5 rings (SSSR count). The molecule has 3 aromatic heterocycles. The first kappa shape index (κ1) is 19.8. The minimum Gasteiger partial charge on any atom is -0.352 e. The van der Waals surface area contributed by atoms with Gasteiger partial charge in [-0.25, -0.2) is 14.4 Å². The molecule has 1 aliphatic rings. The number of carbonyl (C=O) groups is 1. The lowest BCUT2D eigenvalue weighted by Gasteiger charge is -2.35. The predicted octanol–water partition coefficient (Wildman–Crippen LogP) is 2.34. The normalized spacial score (nSPS) is 14.2. The van der Waals surface area contributed by atoms with Gasteiger partial charge in [0, 0.05) is 42.5 Å². The van der Waals surface area contributed by atoms with Crippen LogP contribution in [-0.2, 0) is 4.79 Å². The standard InChI is InChI=1S/C23H20FN6O2/c1-2-19(31)28-7-9-29(10-8-28)23-17-11-25-22(20(24)21(17)26-14-27-23)18-13-30(32)12-15-5-3-4-6-16(15)18/h2-6,11-14,32H,1,7-10H2/q+1. The van der Waals surface area contributed by atoms with E-state index in [1.807, 2.05) is 29.2 Å². The lowest BCUT2D eigenvalue weighted by atomic mass is 10.0. The van der Waals surface area contributed by atoms with Crippen LogP contribution in [0.4, 0.5) is 10.2 Å². The third-order valence-corrected chi connectivity index (χ3v) is 5.71. The second kappa shape index (κ2) is 7.84. The fourth-order valence-corrected chi connectivity index (χ4v) is 4.11. The first-order valence-electron chi connectivity index (χ1n) is 10.2. The molecular formula is C23H20FN6O2+. The van der Waals surface area contributed by atoms with E-state index in [1.54, 1.807) is 17.3 Å². The number of piperazine rings is 1. The molecule has 1 amide bonds. The van der Waals surface area contributed by atoms with Gasteiger partial charge in [-0.3, -0.25) is 15.0 Å². The Kier molecular flexibility index (Phi) is 4.85. The maximum atomic E-state index is 15.6. The summed E-state index contributed by atoms with van der Waals surface area (Å²) in [6, 6.07) is 7.38. The van der Waals surface area contributed by atoms with Gasteiger partial charge in [-0.1, -0.05) is 24.8 Å². The molecule has 0 saturated carbocycles. The maximum absolute atomic E-state index is 15.6. The average Bonchev–Trinajstić information content (AvgIpc) is 2.83. The van der Waals surface area contributed by atoms with Crippen LogP contribution in [0.25, 0.3) is 32.9 Å². The number of anilines is 1. The van der Waals surface area contributed by atoms with Crippen molar-refractivity contribution in [3.8, 4) is 11.3 Å². The van der Waals surface area contributed by atoms with Crippen LogP contribution in [0.2, 0.25) is 0 Å². The highest BCUT2D eigenvalue weighted by Gasteiger charge is 2.24. The minimum atomic E-state index is -0.581. The minimum absolute atomic E-state index is 0.100. The Bertz CT molecular complexity index is 1370. The van der Waals surface area contributed by atoms with E-state index in [0.717, 1.165) is 15.5 Å². The molecule has 0 atom stereocenters. The fraction of sp³-hybridized carbons (Fsp3) is 0.174. The van der Waals surface area contributed by atoms with Crippen molar-refractivity contribution in [2.75, 3.05) is 31.1 Å². The lowest BCUT2D eigenvalue weighted by molar-refractivity contribution is -0.903. The van der Waals surface area contributed by atoms with Crippen molar-refractivity contribution in [3.05, 3.63) is 67.7 Å². The number of nitrogens with zero attached hydrogens (tertiary/aromatic N) is 6. The van der Waals surface area contributed by atoms with Gasteiger partial charge in [0.2, 0.25) is 18.3 Å². The number of amides is 1. The van der Waals surface area contributed by atoms with Crippen LogP contribution in [0, 0.1) is 5.82 Å². The average molecular weight is 431 g/mol. The third kappa shape index (κ3) is 3.27. The van der Waals surface area contributed by atoms with Crippen molar-refractivity contribution in [3.63, 3.8) is 0 Å². The molecule has 0 radical (unpaired) electrons. The Labute approximate surface area is 182 Å². The quantitative estimate of drug-likeness (QED) is 0.305. The van der Waals surface area contributed by atoms with Gasteiger partial charge in [0.25, 0.3) is 0 Å². The van der Waals surface area contributed by atoms with Crippen molar-refractivity contribution < 1.29 is 19.1 Å². The van der Waals surface area contributed by atoms with Crippen LogP contribution >= 0.6 is 0 Å². The van der Waals surface area contributed by atoms with E-state index in [-0.39, 0.29) is 17.1 Å². The molecule has 0 unspecified atom stereocenters. The SMILES string of the molecule is C=CC(=O)N1CCN(c2ncnc3c(F)c(-c4c[n+](O)cc5ccccc45)ncc23)CC1. The molecule has 4 heterocycles. The van der Waals surface area contributed by atoms with Crippen LogP contribution in [0.3, 0.4) is 0 Å². The highest BCUT2D eigenvalue weighted by atomic mass is 19.1. The predicted molar refractivity (Wildman–Crippen MR) is 117 cm³/mol. The van der Waals surface area contributed by atoms with Crippen molar-refractivity contribution in [2.24, 2.45) is 0 Å². The summed E-state index contributed by atoms with van der Waals surface area (Å²) in [6.07, 6.45) is 7.18. The van der Waals surface area contributed by atoms with E-state index in [0.29, 0.717) is 42.9 Å². The zero-order valence-corrected chi connectivity index (χ0v) is 17.1. The van der Waals surface area contributed by atoms with Crippen LogP contribution in [0.5, 0.6) is 0 Å². The summed E-state index contributed by atoms with van der Waals surface area (Å²) in [5, 5.41) is 12.1. The smallest absolute Gasteiger partial charge is 0.246 e. The van der Waals surface area contributed by atoms with Gasteiger partial charge in [0.1, 0.15) is 23.4 Å². The Morgan fingerprint density at radius 1 is 1.09 bits per heavy atom. The van der Waals surface area contributed by atoms with Gasteiger partial charge in [-0.05, 0) is 12.1 Å². The van der Waals surface area contributed by atoms with Gasteiger partial charge < -0.3 is 9.80 Å². The highest BCUT2D eigenvalue weighted by Crippen LogP contribution is 2.32. The summed E-state index contributed by atoms with van der Waals surface area (Å²) in [6.45, 7) is 5.69. The number of hydrogen-bond donors (Lipinski definition) is 1. The zero-order chi connectivity index (χ0) is 22.2. The molecule has 32 heavy (non-hydrogen) atoms. The fourth-order valence-electron chi connectivity index (χ4n) is 4.11. The van der Waals surface area contributed by atoms with Crippen molar-refractivity contribution in [1.82, 2.24) is 19.9 Å². The Balaban J connectivity index is 1.57. The lowest BCUT2D eigenvalue weighted by Crippen LogP contribution is -2.48. The molecule has 8 nitrogen and oxygen atoms in total. The van der Waals surface area contributed by atoms with Gasteiger partial charge in [-0.2, -0.15) is 0 Å². The first-order valence-corrected chi connectivity index (χ1v) is 10.2. The maximum Gasteiger partial charge on any atom is 0.246 e. The largest absolute Gasteiger partial charge is 0.352 e. The second-order valence-electron chi connectivity index (χ2n) is 7.54. The van der Waals surface area contributed by atoms with E-state index < -0.39 is 5.82 Å². The molecule has 1 aliphatic heterocycles. The van der Waals surface area contributed by atoms with E-state index in [1.165, 1.54) is 18.6 Å². The molecule has 160 valence electrons. The van der Waals surface area contributed by atoms with Gasteiger partial charge in [-0.15, -0.1) is 0 Å². The van der Waals surface area contributed by atoms with E-state index in [4.69, 9.17) is 0 Å². The first-order chi connectivity index (χ1) is 15.6. The summed E-state index contributed by atoms with van der Waals surface area (Å²) in [4.78, 5) is 28.5. The molecule has 1 fully saturated rings. The molecule has 0 spiro atoms. The number of rotatable bonds is 3. The number of aromatic nitrogens is 4. The molecule has 1 aromatic carbocycles. The summed E-state index contributed by atoms with van der Waals surface area (Å²) in [5.74, 6) is -0.109. The highest BCUT2D eigenvalue weighted by molar-refractivity contribution is 5.97. The van der Waals surface area contributed by atoms with Crippen LogP contribution in [-0.4, -0.2) is 57.1 Å². The molecule has 1 N–H and O–H groups in total. The van der Waals surface area contributed by atoms with Crippen LogP contribution < -0.4 is 9.63 Å². The van der Waals surface area contributed by atoms with E-state index >= 15 is 4.39 Å². The third-order valence-electron chi connectivity index (χ3n) is 5.71. The zero-order valence-electron chi connectivity index (χ0n) is 17.1. The van der Waals surface area contributed by atoms with Crippen molar-refractivity contribution in [2.45, 2.75) is 0 Å². The molecule has 9 heteroatoms. The van der Waals surface area contributed by atoms with Gasteiger partial charge in [0.05, 0.1) is 16.3 Å². The van der Waals surface area contributed by atoms with E-state index in [9.17, 15) is 10.0 Å². The summed E-state index contributed by atoms with van der Waals surface area (Å²) < 4.78 is 16.6. The topological polar surface area (TPSA) is 86.3 Å². The number of halogens is 1. The molecule has 0 bridgehead atoms. The Morgan fingerprint density at radius 2 is 1.88 bits per heavy atom. The number of fused-ring (bicyclic) bond motifs is 2. The van der Waals surface area contributed by atoms with Crippen molar-refractivity contribution >= 4 is 33.4 Å². The van der Waals surface area contributed by atoms with E-state index in [2.05, 4.69) is 21.5 Å². The van der Waals surface area contributed by atoms with Crippen LogP contribution in [0.15, 0.2) is 61.8 Å². The monoisotopic (exact) mass is 431 g/mol. The molecule has 1 saturated heterocycles. The Hall–Kier alpha value is -4.14. The Morgan fingerprint density at radius 3 is 2.66 bits per heavy atom. The molecule has 0 aliphatic carbocycles. The summed E-state index contributed by atoms with van der Waals surface area (Å²) in [7, 11) is 0. The summed E-state index contributed by atoms with van der Waals surface area (Å²) in [5.41, 5.74) is 0.715. The number of hydrogen-bond acceptors (Lipinski definition) is 6. The number of benzene rings is 1. The van der Waals surface area contributed by atoms with Gasteiger partial charge in [0.15, 0.2) is 5.82 Å². The van der Waals surface area contributed by atoms with Crippen molar-refractivity contribution in [1.29, 1.82) is 0 Å². The summed E-state index contributed by atoms with van der Waals surface area (Å²) >= 11 is 0. The van der Waals surface area contributed by atoms with Gasteiger partial charge >= 0.3 is 0 Å². The van der Waals surface area contributed by atoms with Crippen LogP contribution in [0.1, 0.15) is 0 Å². The second-order valence-corrected chi connectivity index (χ2v) is 7.54. The number of pyridine rings is 2.